The Hall–Kier alpha value is -4.25. The average molecular weight is 756 g/mol. The van der Waals surface area contributed by atoms with Crippen molar-refractivity contribution < 1.29 is 52.9 Å². The number of carbonyl (C=O) groups excluding carboxylic acids is 3. The fraction of sp³-hybridized carbons (Fsp3) is 0.0952. The first-order chi connectivity index (χ1) is 18.4. The van der Waals surface area contributed by atoms with Gasteiger partial charge in [-0.1, -0.05) is 59.6 Å². The molecule has 0 radical (unpaired) electrons. The van der Waals surface area contributed by atoms with Crippen molar-refractivity contribution in [2.24, 2.45) is 0 Å². The number of nitrogens with zero attached hydrogens (tertiary/aromatic N) is 4. The van der Waals surface area contributed by atoms with Gasteiger partial charge in [0.05, 0.1) is 0 Å². The van der Waals surface area contributed by atoms with Gasteiger partial charge >= 0.3 is 29.0 Å². The number of ether oxygens (including phenoxy) is 2. The van der Waals surface area contributed by atoms with Crippen LogP contribution < -0.4 is 20.1 Å². The summed E-state index contributed by atoms with van der Waals surface area (Å²) in [5.74, 6) is 0.634. The topological polar surface area (TPSA) is 214 Å². The number of anilines is 2. The van der Waals surface area contributed by atoms with E-state index >= 15 is 0 Å². The number of halogens is 2. The van der Waals surface area contributed by atoms with Crippen LogP contribution in [0.5, 0.6) is 11.5 Å². The SMILES string of the molecule is O=C1COc2c(Cl)nc(/C=C/c3ccccc3)nc2N1.O=Cc1nc(Cl)c2c(n1)NC(=O)CO2.[O]=[Os](=[O])(=[O])=[O]. The van der Waals surface area contributed by atoms with Gasteiger partial charge in [0, 0.05) is 0 Å². The van der Waals surface area contributed by atoms with Gasteiger partial charge in [0.2, 0.25) is 0 Å². The Morgan fingerprint density at radius 3 is 1.69 bits per heavy atom. The van der Waals surface area contributed by atoms with Crippen LogP contribution in [0, 0.1) is 0 Å². The number of hydrogen-bond donors (Lipinski definition) is 2. The molecule has 1 aromatic carbocycles. The Labute approximate surface area is 230 Å². The summed E-state index contributed by atoms with van der Waals surface area (Å²) in [6, 6.07) is 9.74. The number of benzene rings is 1. The molecule has 2 aromatic heterocycles. The molecule has 18 heteroatoms. The van der Waals surface area contributed by atoms with E-state index in [0.29, 0.717) is 23.7 Å². The molecule has 2 amide bonds. The van der Waals surface area contributed by atoms with Crippen LogP contribution in [0.2, 0.25) is 10.3 Å². The molecule has 2 N–H and O–H groups in total. The Balaban J connectivity index is 0.000000192. The van der Waals surface area contributed by atoms with Crippen molar-refractivity contribution in [2.75, 3.05) is 23.8 Å². The molecule has 0 fully saturated rings. The fourth-order valence-corrected chi connectivity index (χ4v) is 3.24. The Morgan fingerprint density at radius 1 is 0.744 bits per heavy atom. The fourth-order valence-electron chi connectivity index (χ4n) is 2.78. The normalized spacial score (nSPS) is 13.5. The van der Waals surface area contributed by atoms with Gasteiger partial charge in [-0.3, -0.25) is 14.4 Å². The van der Waals surface area contributed by atoms with Crippen molar-refractivity contribution in [3.63, 3.8) is 0 Å². The van der Waals surface area contributed by atoms with Crippen LogP contribution >= 0.6 is 23.2 Å². The Kier molecular flexibility index (Phi) is 9.77. The van der Waals surface area contributed by atoms with Crippen LogP contribution in [0.3, 0.4) is 0 Å². The number of rotatable bonds is 3. The molecule has 0 unspecified atom stereocenters. The molecule has 0 bridgehead atoms. The zero-order valence-electron chi connectivity index (χ0n) is 19.1. The van der Waals surface area contributed by atoms with Crippen molar-refractivity contribution in [1.29, 1.82) is 0 Å². The molecule has 0 saturated carbocycles. The average Bonchev–Trinajstić information content (AvgIpc) is 2.87. The second-order valence-electron chi connectivity index (χ2n) is 6.99. The molecule has 15 nitrogen and oxygen atoms in total. The quantitative estimate of drug-likeness (QED) is 0.291. The van der Waals surface area contributed by atoms with Crippen LogP contribution in [0.1, 0.15) is 22.0 Å². The van der Waals surface area contributed by atoms with Gasteiger partial charge in [-0.05, 0) is 11.6 Å². The Bertz CT molecular complexity index is 1660. The number of amides is 2. The van der Waals surface area contributed by atoms with E-state index in [1.165, 1.54) is 0 Å². The van der Waals surface area contributed by atoms with Gasteiger partial charge in [0.15, 0.2) is 64.6 Å². The van der Waals surface area contributed by atoms with E-state index in [-0.39, 0.29) is 52.7 Å². The molecule has 0 aliphatic carbocycles. The van der Waals surface area contributed by atoms with E-state index in [0.717, 1.165) is 5.56 Å². The van der Waals surface area contributed by atoms with Crippen LogP contribution in [0.15, 0.2) is 30.3 Å². The summed E-state index contributed by atoms with van der Waals surface area (Å²) in [6.07, 6.45) is 4.03. The van der Waals surface area contributed by atoms with Crippen molar-refractivity contribution >= 4 is 65.1 Å². The number of hydrogen-bond acceptors (Lipinski definition) is 13. The predicted molar refractivity (Wildman–Crippen MR) is 126 cm³/mol. The van der Waals surface area contributed by atoms with Crippen LogP contribution in [-0.4, -0.2) is 51.3 Å². The minimum atomic E-state index is -6.06. The van der Waals surface area contributed by atoms with Crippen LogP contribution in [-0.2, 0) is 38.6 Å². The summed E-state index contributed by atoms with van der Waals surface area (Å²) in [5.41, 5.74) is 1.02. The molecule has 4 heterocycles. The molecule has 2 aliphatic rings. The minimum absolute atomic E-state index is 0.0112. The summed E-state index contributed by atoms with van der Waals surface area (Å²) in [5, 5.41) is 5.22. The molecule has 204 valence electrons. The van der Waals surface area contributed by atoms with E-state index < -0.39 is 14.8 Å². The van der Waals surface area contributed by atoms with Gasteiger partial charge in [0.1, 0.15) is 0 Å². The van der Waals surface area contributed by atoms with Crippen molar-refractivity contribution in [1.82, 2.24) is 19.9 Å². The molecule has 0 atom stereocenters. The maximum atomic E-state index is 11.3. The summed E-state index contributed by atoms with van der Waals surface area (Å²) in [4.78, 5) is 48.2. The van der Waals surface area contributed by atoms with Gasteiger partial charge < -0.3 is 20.1 Å². The molecule has 0 spiro atoms. The number of aldehydes is 1. The number of aromatic nitrogens is 4. The van der Waals surface area contributed by atoms with Gasteiger partial charge in [-0.25, -0.2) is 19.9 Å². The van der Waals surface area contributed by atoms with Crippen molar-refractivity contribution in [3.05, 3.63) is 57.9 Å². The summed E-state index contributed by atoms with van der Waals surface area (Å²) in [7, 11) is 0. The number of nitrogens with one attached hydrogen (secondary N) is 2. The van der Waals surface area contributed by atoms with E-state index in [1.54, 1.807) is 6.08 Å². The van der Waals surface area contributed by atoms with E-state index in [9.17, 15) is 14.4 Å². The third-order valence-corrected chi connectivity index (χ3v) is 4.74. The number of carbonyl (C=O) groups is 3. The standard InChI is InChI=1S/C14H10ClN3O2.C7H4ClN3O3.4O.Os/c15-13-12-14(18-11(19)8-20-12)17-10(16-13)7-6-9-4-2-1-3-5-9;8-6-5-7(10-3(1-12)9-6)11-4(13)2-14-5;;;;;/h1-7H,8H2,(H,16,17,18,19);1H,2H2,(H,9,10,11,13);;;;;/b7-6+;;;;;;. The molecular weight excluding hydrogens is 741 g/mol. The molecule has 5 rings (SSSR count). The van der Waals surface area contributed by atoms with E-state index in [1.807, 2.05) is 36.4 Å². The molecule has 3 aromatic rings. The zero-order chi connectivity index (χ0) is 28.6. The molecule has 2 aliphatic heterocycles. The first-order valence-electron chi connectivity index (χ1n) is 10.2. The van der Waals surface area contributed by atoms with E-state index in [4.69, 9.17) is 46.8 Å². The van der Waals surface area contributed by atoms with Crippen molar-refractivity contribution in [3.8, 4) is 11.5 Å². The summed E-state index contributed by atoms with van der Waals surface area (Å²) in [6.45, 7) is -0.203. The van der Waals surface area contributed by atoms with Crippen LogP contribution in [0.4, 0.5) is 11.6 Å². The van der Waals surface area contributed by atoms with Gasteiger partial charge in [-0.2, -0.15) is 0 Å². The van der Waals surface area contributed by atoms with Gasteiger partial charge in [0.25, 0.3) is 11.8 Å². The van der Waals surface area contributed by atoms with E-state index in [2.05, 4.69) is 30.6 Å². The third kappa shape index (κ3) is 9.22. The molecule has 0 saturated heterocycles. The second kappa shape index (κ2) is 13.0. The van der Waals surface area contributed by atoms with Gasteiger partial charge in [-0.15, -0.1) is 0 Å². The molecule has 39 heavy (non-hydrogen) atoms. The number of fused-ring (bicyclic) bond motifs is 2. The summed E-state index contributed by atoms with van der Waals surface area (Å²) < 4.78 is 44.7. The first-order valence-corrected chi connectivity index (χ1v) is 15.1. The van der Waals surface area contributed by atoms with Crippen molar-refractivity contribution in [2.45, 2.75) is 0 Å². The van der Waals surface area contributed by atoms with Crippen LogP contribution in [0.25, 0.3) is 12.2 Å². The monoisotopic (exact) mass is 756 g/mol. The molecular formula is C21H14Cl2N6O9Os. The predicted octanol–water partition coefficient (Wildman–Crippen LogP) is 2.43. The zero-order valence-corrected chi connectivity index (χ0v) is 23.2. The first kappa shape index (κ1) is 29.3. The summed E-state index contributed by atoms with van der Waals surface area (Å²) >= 11 is 5.65. The Morgan fingerprint density at radius 2 is 1.21 bits per heavy atom. The second-order valence-corrected chi connectivity index (χ2v) is 10.2. The maximum absolute atomic E-state index is 11.3. The third-order valence-electron chi connectivity index (χ3n) is 4.22.